The van der Waals surface area contributed by atoms with Crippen molar-refractivity contribution in [3.8, 4) is 0 Å². The first-order valence-corrected chi connectivity index (χ1v) is 8.25. The van der Waals surface area contributed by atoms with Crippen LogP contribution >= 0.6 is 0 Å². The van der Waals surface area contributed by atoms with Crippen LogP contribution in [-0.4, -0.2) is 8.07 Å². The summed E-state index contributed by atoms with van der Waals surface area (Å²) < 4.78 is 0. The van der Waals surface area contributed by atoms with Crippen LogP contribution in [0.15, 0.2) is 23.0 Å². The van der Waals surface area contributed by atoms with E-state index < -0.39 is 8.07 Å². The molecule has 0 radical (unpaired) electrons. The Hall–Kier alpha value is -0.303. The van der Waals surface area contributed by atoms with Crippen LogP contribution in [0.2, 0.25) is 12.1 Å². The SMILES string of the molecule is CC1=CC=C[Si]1(C)C1CCCCC1. The van der Waals surface area contributed by atoms with Gasteiger partial charge in [-0.1, -0.05) is 61.7 Å². The summed E-state index contributed by atoms with van der Waals surface area (Å²) in [4.78, 5) is 0. The van der Waals surface area contributed by atoms with Crippen molar-refractivity contribution in [3.63, 3.8) is 0 Å². The van der Waals surface area contributed by atoms with Crippen LogP contribution in [0.25, 0.3) is 0 Å². The van der Waals surface area contributed by atoms with E-state index in [4.69, 9.17) is 0 Å². The Morgan fingerprint density at radius 1 is 1.23 bits per heavy atom. The molecule has 1 heterocycles. The smallest absolute Gasteiger partial charge is 0.0902 e. The summed E-state index contributed by atoms with van der Waals surface area (Å²) in [6.07, 6.45) is 12.1. The predicted octanol–water partition coefficient (Wildman–Crippen LogP) is 3.99. The van der Waals surface area contributed by atoms with Crippen molar-refractivity contribution in [2.24, 2.45) is 0 Å². The molecule has 1 unspecified atom stereocenters. The Labute approximate surface area is 82.7 Å². The van der Waals surface area contributed by atoms with Gasteiger partial charge in [-0.05, 0) is 12.5 Å². The van der Waals surface area contributed by atoms with Crippen molar-refractivity contribution in [1.29, 1.82) is 0 Å². The van der Waals surface area contributed by atoms with Crippen molar-refractivity contribution < 1.29 is 0 Å². The molecule has 0 amide bonds. The van der Waals surface area contributed by atoms with E-state index in [0.29, 0.717) is 0 Å². The van der Waals surface area contributed by atoms with Gasteiger partial charge in [-0.25, -0.2) is 0 Å². The molecule has 0 aromatic carbocycles. The summed E-state index contributed by atoms with van der Waals surface area (Å²) in [6.45, 7) is 4.90. The lowest BCUT2D eigenvalue weighted by Crippen LogP contribution is -2.35. The Morgan fingerprint density at radius 3 is 2.46 bits per heavy atom. The quantitative estimate of drug-likeness (QED) is 0.551. The molecule has 1 atom stereocenters. The number of hydrogen-bond acceptors (Lipinski definition) is 0. The average Bonchev–Trinajstić information content (AvgIpc) is 2.50. The molecular weight excluding hydrogens is 172 g/mol. The van der Waals surface area contributed by atoms with Gasteiger partial charge in [-0.2, -0.15) is 0 Å². The van der Waals surface area contributed by atoms with Crippen molar-refractivity contribution in [2.45, 2.75) is 51.1 Å². The Morgan fingerprint density at radius 2 is 1.92 bits per heavy atom. The summed E-state index contributed by atoms with van der Waals surface area (Å²) in [7, 11) is -1.11. The lowest BCUT2D eigenvalue weighted by Gasteiger charge is -2.35. The minimum absolute atomic E-state index is 1.05. The normalized spacial score (nSPS) is 35.1. The minimum atomic E-state index is -1.11. The summed E-state index contributed by atoms with van der Waals surface area (Å²) in [5, 5.41) is 1.71. The number of allylic oxidation sites excluding steroid dienone is 3. The highest BCUT2D eigenvalue weighted by atomic mass is 28.3. The van der Waals surface area contributed by atoms with E-state index in [1.54, 1.807) is 5.20 Å². The molecule has 1 aliphatic carbocycles. The van der Waals surface area contributed by atoms with Gasteiger partial charge in [0, 0.05) is 0 Å². The average molecular weight is 192 g/mol. The van der Waals surface area contributed by atoms with Crippen molar-refractivity contribution >= 4 is 8.07 Å². The van der Waals surface area contributed by atoms with Gasteiger partial charge in [0.25, 0.3) is 0 Å². The zero-order valence-electron chi connectivity index (χ0n) is 8.84. The van der Waals surface area contributed by atoms with Gasteiger partial charge in [0.15, 0.2) is 0 Å². The molecule has 0 aromatic heterocycles. The van der Waals surface area contributed by atoms with Crippen LogP contribution in [0.4, 0.5) is 0 Å². The van der Waals surface area contributed by atoms with Crippen molar-refractivity contribution in [2.75, 3.05) is 0 Å². The Kier molecular flexibility index (Phi) is 2.46. The maximum atomic E-state index is 2.55. The van der Waals surface area contributed by atoms with Crippen LogP contribution < -0.4 is 0 Å². The van der Waals surface area contributed by atoms with Crippen molar-refractivity contribution in [1.82, 2.24) is 0 Å². The number of rotatable bonds is 1. The van der Waals surface area contributed by atoms with Crippen LogP contribution in [0.1, 0.15) is 39.0 Å². The van der Waals surface area contributed by atoms with Gasteiger partial charge in [0.2, 0.25) is 0 Å². The maximum Gasteiger partial charge on any atom is 0.105 e. The van der Waals surface area contributed by atoms with E-state index in [-0.39, 0.29) is 0 Å². The first-order valence-electron chi connectivity index (χ1n) is 5.60. The zero-order valence-corrected chi connectivity index (χ0v) is 9.84. The molecule has 0 aromatic rings. The highest BCUT2D eigenvalue weighted by Crippen LogP contribution is 2.42. The van der Waals surface area contributed by atoms with E-state index in [1.165, 1.54) is 32.1 Å². The Balaban J connectivity index is 2.14. The molecule has 1 saturated carbocycles. The highest BCUT2D eigenvalue weighted by molar-refractivity contribution is 6.91. The van der Waals surface area contributed by atoms with Crippen molar-refractivity contribution in [3.05, 3.63) is 23.0 Å². The van der Waals surface area contributed by atoms with E-state index in [1.807, 2.05) is 0 Å². The van der Waals surface area contributed by atoms with E-state index in [0.717, 1.165) is 5.54 Å². The third kappa shape index (κ3) is 1.54. The molecule has 13 heavy (non-hydrogen) atoms. The predicted molar refractivity (Wildman–Crippen MR) is 61.4 cm³/mol. The molecular formula is C12H20Si. The van der Waals surface area contributed by atoms with Crippen LogP contribution in [0.5, 0.6) is 0 Å². The standard InChI is InChI=1S/C12H20Si/c1-11-7-6-10-13(11,2)12-8-4-3-5-9-12/h6-7,10,12H,3-5,8-9H2,1-2H3. The molecule has 1 aliphatic heterocycles. The largest absolute Gasteiger partial charge is 0.105 e. The summed E-state index contributed by atoms with van der Waals surface area (Å²) in [5.74, 6) is 0. The topological polar surface area (TPSA) is 0 Å². The van der Waals surface area contributed by atoms with Crippen LogP contribution in [-0.2, 0) is 0 Å². The fourth-order valence-electron chi connectivity index (χ4n) is 2.86. The number of hydrogen-bond donors (Lipinski definition) is 0. The second kappa shape index (κ2) is 3.45. The summed E-state index contributed by atoms with van der Waals surface area (Å²) >= 11 is 0. The minimum Gasteiger partial charge on any atom is -0.0902 e. The lowest BCUT2D eigenvalue weighted by molar-refractivity contribution is 0.494. The summed E-state index contributed by atoms with van der Waals surface area (Å²) in [5.41, 5.74) is 3.61. The monoisotopic (exact) mass is 192 g/mol. The van der Waals surface area contributed by atoms with Gasteiger partial charge in [0.05, 0.1) is 0 Å². The lowest BCUT2D eigenvalue weighted by atomic mass is 10.0. The maximum absolute atomic E-state index is 2.55. The molecule has 0 N–H and O–H groups in total. The molecule has 2 aliphatic rings. The Bertz CT molecular complexity index is 246. The molecule has 0 spiro atoms. The molecule has 1 fully saturated rings. The van der Waals surface area contributed by atoms with Gasteiger partial charge in [-0.3, -0.25) is 0 Å². The third-order valence-corrected chi connectivity index (χ3v) is 9.12. The second-order valence-electron chi connectivity index (χ2n) is 4.83. The molecule has 0 bridgehead atoms. The first kappa shape index (κ1) is 9.26. The third-order valence-electron chi connectivity index (χ3n) is 4.09. The fourth-order valence-corrected chi connectivity index (χ4v) is 6.60. The fraction of sp³-hybridized carbons (Fsp3) is 0.667. The molecule has 0 nitrogen and oxygen atoms in total. The summed E-state index contributed by atoms with van der Waals surface area (Å²) in [6, 6.07) is 0. The van der Waals surface area contributed by atoms with E-state index >= 15 is 0 Å². The van der Waals surface area contributed by atoms with Crippen LogP contribution in [0, 0.1) is 0 Å². The van der Waals surface area contributed by atoms with Gasteiger partial charge in [0.1, 0.15) is 8.07 Å². The molecule has 72 valence electrons. The highest BCUT2D eigenvalue weighted by Gasteiger charge is 2.37. The zero-order chi connectivity index (χ0) is 9.31. The molecule has 2 rings (SSSR count). The van der Waals surface area contributed by atoms with Crippen LogP contribution in [0.3, 0.4) is 0 Å². The molecule has 0 saturated heterocycles. The van der Waals surface area contributed by atoms with E-state index in [9.17, 15) is 0 Å². The van der Waals surface area contributed by atoms with Gasteiger partial charge >= 0.3 is 0 Å². The first-order chi connectivity index (χ1) is 6.23. The van der Waals surface area contributed by atoms with Gasteiger partial charge < -0.3 is 0 Å². The van der Waals surface area contributed by atoms with Gasteiger partial charge in [-0.15, -0.1) is 0 Å². The molecule has 1 heteroatoms. The second-order valence-corrected chi connectivity index (χ2v) is 9.33. The van der Waals surface area contributed by atoms with E-state index in [2.05, 4.69) is 31.3 Å².